The molecule has 0 atom stereocenters. The smallest absolute Gasteiger partial charge is 0.359 e. The van der Waals surface area contributed by atoms with Crippen LogP contribution in [-0.4, -0.2) is 34.6 Å². The summed E-state index contributed by atoms with van der Waals surface area (Å²) >= 11 is 0. The third-order valence-corrected chi connectivity index (χ3v) is 3.46. The number of para-hydroxylation sites is 2. The summed E-state index contributed by atoms with van der Waals surface area (Å²) in [6, 6.07) is 13.3. The Morgan fingerprint density at radius 2 is 1.80 bits per heavy atom. The Labute approximate surface area is 142 Å². The molecule has 126 valence electrons. The number of ether oxygens (including phenoxy) is 1. The molecule has 2 aromatic carbocycles. The number of aromatic amines is 1. The minimum atomic E-state index is -0.726. The molecule has 0 radical (unpaired) electrons. The van der Waals surface area contributed by atoms with E-state index in [1.54, 1.807) is 36.4 Å². The number of fused-ring (bicyclic) bond motifs is 1. The van der Waals surface area contributed by atoms with Crippen LogP contribution in [-0.2, 0) is 9.53 Å². The van der Waals surface area contributed by atoms with E-state index in [9.17, 15) is 14.4 Å². The van der Waals surface area contributed by atoms with Crippen LogP contribution in [0.15, 0.2) is 48.5 Å². The van der Waals surface area contributed by atoms with Crippen LogP contribution in [0.2, 0.25) is 0 Å². The van der Waals surface area contributed by atoms with Crippen molar-refractivity contribution in [2.45, 2.75) is 0 Å². The van der Waals surface area contributed by atoms with Crippen molar-refractivity contribution in [1.29, 1.82) is 0 Å². The fourth-order valence-electron chi connectivity index (χ4n) is 2.31. The molecule has 0 aliphatic carbocycles. The highest BCUT2D eigenvalue weighted by molar-refractivity contribution is 6.05. The minimum Gasteiger partial charge on any atom is -0.451 e. The van der Waals surface area contributed by atoms with Gasteiger partial charge in [0.05, 0.1) is 16.8 Å². The van der Waals surface area contributed by atoms with Gasteiger partial charge in [-0.2, -0.15) is 5.10 Å². The number of nitrogens with one attached hydrogen (secondary N) is 2. The van der Waals surface area contributed by atoms with E-state index in [1.807, 2.05) is 0 Å². The van der Waals surface area contributed by atoms with Gasteiger partial charge in [-0.15, -0.1) is 0 Å². The van der Waals surface area contributed by atoms with E-state index in [1.165, 1.54) is 12.1 Å². The largest absolute Gasteiger partial charge is 0.451 e. The molecule has 8 heteroatoms. The summed E-state index contributed by atoms with van der Waals surface area (Å²) in [5.41, 5.74) is 6.45. The first kappa shape index (κ1) is 16.2. The quantitative estimate of drug-likeness (QED) is 0.607. The molecule has 0 saturated carbocycles. The van der Waals surface area contributed by atoms with Gasteiger partial charge in [0.25, 0.3) is 11.8 Å². The summed E-state index contributed by atoms with van der Waals surface area (Å²) in [4.78, 5) is 35.4. The first-order chi connectivity index (χ1) is 12.1. The van der Waals surface area contributed by atoms with Gasteiger partial charge in [0, 0.05) is 5.39 Å². The topological polar surface area (TPSA) is 127 Å². The average molecular weight is 338 g/mol. The Kier molecular flexibility index (Phi) is 4.42. The second-order valence-electron chi connectivity index (χ2n) is 5.15. The molecule has 1 aromatic heterocycles. The molecule has 3 rings (SSSR count). The second-order valence-corrected chi connectivity index (χ2v) is 5.15. The van der Waals surface area contributed by atoms with Crippen molar-refractivity contribution in [2.24, 2.45) is 5.73 Å². The Balaban J connectivity index is 1.65. The molecule has 0 aliphatic heterocycles. The van der Waals surface area contributed by atoms with Gasteiger partial charge in [-0.25, -0.2) is 4.79 Å². The molecular formula is C17H14N4O4. The van der Waals surface area contributed by atoms with Gasteiger partial charge in [0.1, 0.15) is 0 Å². The molecule has 0 spiro atoms. The van der Waals surface area contributed by atoms with Crippen molar-refractivity contribution in [3.63, 3.8) is 0 Å². The van der Waals surface area contributed by atoms with Gasteiger partial charge < -0.3 is 15.8 Å². The van der Waals surface area contributed by atoms with Crippen LogP contribution in [0.3, 0.4) is 0 Å². The van der Waals surface area contributed by atoms with Crippen molar-refractivity contribution >= 4 is 34.4 Å². The Bertz CT molecular complexity index is 964. The number of benzene rings is 2. The maximum Gasteiger partial charge on any atom is 0.359 e. The lowest BCUT2D eigenvalue weighted by atomic mass is 10.1. The third kappa shape index (κ3) is 3.47. The summed E-state index contributed by atoms with van der Waals surface area (Å²) in [5.74, 6) is -1.99. The molecule has 1 heterocycles. The van der Waals surface area contributed by atoms with Crippen LogP contribution >= 0.6 is 0 Å². The van der Waals surface area contributed by atoms with E-state index >= 15 is 0 Å². The summed E-state index contributed by atoms with van der Waals surface area (Å²) in [7, 11) is 0. The van der Waals surface area contributed by atoms with Gasteiger partial charge in [-0.05, 0) is 18.2 Å². The Morgan fingerprint density at radius 3 is 2.60 bits per heavy atom. The van der Waals surface area contributed by atoms with Gasteiger partial charge in [-0.1, -0.05) is 30.3 Å². The summed E-state index contributed by atoms with van der Waals surface area (Å²) in [5, 5.41) is 9.70. The van der Waals surface area contributed by atoms with Crippen molar-refractivity contribution in [3.05, 3.63) is 59.8 Å². The van der Waals surface area contributed by atoms with Crippen LogP contribution in [0.4, 0.5) is 5.69 Å². The molecule has 0 aliphatic rings. The van der Waals surface area contributed by atoms with Crippen molar-refractivity contribution in [3.8, 4) is 0 Å². The van der Waals surface area contributed by atoms with Crippen molar-refractivity contribution < 1.29 is 19.1 Å². The number of nitrogens with zero attached hydrogens (tertiary/aromatic N) is 1. The lowest BCUT2D eigenvalue weighted by molar-refractivity contribution is -0.119. The number of esters is 1. The van der Waals surface area contributed by atoms with Crippen molar-refractivity contribution in [1.82, 2.24) is 10.2 Å². The predicted molar refractivity (Wildman–Crippen MR) is 90.0 cm³/mol. The molecular weight excluding hydrogens is 324 g/mol. The number of carbonyl (C=O) groups is 3. The fraction of sp³-hybridized carbons (Fsp3) is 0.0588. The summed E-state index contributed by atoms with van der Waals surface area (Å²) < 4.78 is 4.98. The fourth-order valence-corrected chi connectivity index (χ4v) is 2.31. The van der Waals surface area contributed by atoms with E-state index < -0.39 is 24.4 Å². The molecule has 3 aromatic rings. The SMILES string of the molecule is NC(=O)c1ccccc1NC(=O)COC(=O)c1n[nH]c2ccccc12. The zero-order valence-corrected chi connectivity index (χ0v) is 13.0. The number of hydrogen-bond donors (Lipinski definition) is 3. The van der Waals surface area contributed by atoms with Crippen LogP contribution in [0.1, 0.15) is 20.8 Å². The molecule has 0 fully saturated rings. The Hall–Kier alpha value is -3.68. The highest BCUT2D eigenvalue weighted by Crippen LogP contribution is 2.16. The highest BCUT2D eigenvalue weighted by atomic mass is 16.5. The molecule has 0 saturated heterocycles. The van der Waals surface area contributed by atoms with Crippen molar-refractivity contribution in [2.75, 3.05) is 11.9 Å². The molecule has 25 heavy (non-hydrogen) atoms. The summed E-state index contributed by atoms with van der Waals surface area (Å²) in [6.07, 6.45) is 0. The second kappa shape index (κ2) is 6.83. The number of aromatic nitrogens is 2. The molecule has 2 amide bonds. The van der Waals surface area contributed by atoms with E-state index in [4.69, 9.17) is 10.5 Å². The van der Waals surface area contributed by atoms with Gasteiger partial charge in [-0.3, -0.25) is 14.7 Å². The first-order valence-corrected chi connectivity index (χ1v) is 7.35. The highest BCUT2D eigenvalue weighted by Gasteiger charge is 2.17. The zero-order valence-electron chi connectivity index (χ0n) is 13.0. The normalized spacial score (nSPS) is 10.4. The van der Waals surface area contributed by atoms with Crippen LogP contribution in [0.25, 0.3) is 10.9 Å². The number of hydrogen-bond acceptors (Lipinski definition) is 5. The number of amides is 2. The first-order valence-electron chi connectivity index (χ1n) is 7.35. The number of nitrogens with two attached hydrogens (primary N) is 1. The van der Waals surface area contributed by atoms with Gasteiger partial charge >= 0.3 is 5.97 Å². The average Bonchev–Trinajstić information content (AvgIpc) is 3.04. The molecule has 4 N–H and O–H groups in total. The number of carbonyl (C=O) groups excluding carboxylic acids is 3. The van der Waals surface area contributed by atoms with E-state index in [2.05, 4.69) is 15.5 Å². The lowest BCUT2D eigenvalue weighted by Gasteiger charge is -2.08. The molecule has 0 unspecified atom stereocenters. The standard InChI is InChI=1S/C17H14N4O4/c18-16(23)11-6-2-3-7-12(11)19-14(22)9-25-17(24)15-10-5-1-4-8-13(10)20-21-15/h1-8H,9H2,(H2,18,23)(H,19,22)(H,20,21). The lowest BCUT2D eigenvalue weighted by Crippen LogP contribution is -2.23. The van der Waals surface area contributed by atoms with Gasteiger partial charge in [0.15, 0.2) is 12.3 Å². The third-order valence-electron chi connectivity index (χ3n) is 3.46. The van der Waals surface area contributed by atoms with Gasteiger partial charge in [0.2, 0.25) is 0 Å². The van der Waals surface area contributed by atoms with E-state index in [0.29, 0.717) is 10.9 Å². The van der Waals surface area contributed by atoms with Crippen LogP contribution in [0, 0.1) is 0 Å². The maximum atomic E-state index is 12.1. The van der Waals surface area contributed by atoms with Crippen LogP contribution in [0.5, 0.6) is 0 Å². The molecule has 8 nitrogen and oxygen atoms in total. The predicted octanol–water partition coefficient (Wildman–Crippen LogP) is 1.46. The van der Waals surface area contributed by atoms with E-state index in [0.717, 1.165) is 0 Å². The number of anilines is 1. The number of primary amides is 1. The zero-order chi connectivity index (χ0) is 17.8. The van der Waals surface area contributed by atoms with Crippen LogP contribution < -0.4 is 11.1 Å². The monoisotopic (exact) mass is 338 g/mol. The maximum absolute atomic E-state index is 12.1. The Morgan fingerprint density at radius 1 is 1.08 bits per heavy atom. The summed E-state index contributed by atoms with van der Waals surface area (Å²) in [6.45, 7) is -0.521. The minimum absolute atomic E-state index is 0.0981. The number of rotatable bonds is 5. The number of H-pyrrole nitrogens is 1. The van der Waals surface area contributed by atoms with E-state index in [-0.39, 0.29) is 16.9 Å². The molecule has 0 bridgehead atoms.